The van der Waals surface area contributed by atoms with Crippen molar-refractivity contribution in [2.75, 3.05) is 0 Å². The molecule has 0 saturated heterocycles. The van der Waals surface area contributed by atoms with E-state index in [1.54, 1.807) is 0 Å². The van der Waals surface area contributed by atoms with Crippen LogP contribution in [0.1, 0.15) is 11.3 Å². The SMILES string of the molecule is Clc1ccc2nc3c(n2c1)Cc1c(Br)cccc1-3. The fourth-order valence-electron chi connectivity index (χ4n) is 2.58. The van der Waals surface area contributed by atoms with Crippen LogP contribution >= 0.6 is 27.5 Å². The zero-order chi connectivity index (χ0) is 12.3. The van der Waals surface area contributed by atoms with Crippen molar-refractivity contribution in [3.63, 3.8) is 0 Å². The molecule has 1 aliphatic carbocycles. The van der Waals surface area contributed by atoms with Crippen LogP contribution in [0.2, 0.25) is 5.02 Å². The largest absolute Gasteiger partial charge is 0.302 e. The highest BCUT2D eigenvalue weighted by Gasteiger charge is 2.25. The molecule has 4 rings (SSSR count). The van der Waals surface area contributed by atoms with Crippen molar-refractivity contribution >= 4 is 33.2 Å². The summed E-state index contributed by atoms with van der Waals surface area (Å²) in [5.74, 6) is 0. The van der Waals surface area contributed by atoms with Crippen LogP contribution < -0.4 is 0 Å². The third-order valence-electron chi connectivity index (χ3n) is 3.40. The van der Waals surface area contributed by atoms with Gasteiger partial charge in [-0.25, -0.2) is 4.98 Å². The van der Waals surface area contributed by atoms with E-state index in [4.69, 9.17) is 16.6 Å². The molecule has 0 bridgehead atoms. The smallest absolute Gasteiger partial charge is 0.137 e. The Labute approximate surface area is 117 Å². The number of pyridine rings is 1. The van der Waals surface area contributed by atoms with Gasteiger partial charge >= 0.3 is 0 Å². The number of imidazole rings is 1. The molecule has 0 saturated carbocycles. The molecular weight excluding hydrogens is 312 g/mol. The van der Waals surface area contributed by atoms with E-state index in [1.165, 1.54) is 16.8 Å². The van der Waals surface area contributed by atoms with Crippen LogP contribution in [0.5, 0.6) is 0 Å². The van der Waals surface area contributed by atoms with Gasteiger partial charge in [-0.15, -0.1) is 0 Å². The summed E-state index contributed by atoms with van der Waals surface area (Å²) in [4.78, 5) is 4.70. The maximum atomic E-state index is 6.06. The van der Waals surface area contributed by atoms with Gasteiger partial charge in [-0.2, -0.15) is 0 Å². The first-order valence-corrected chi connectivity index (χ1v) is 6.85. The normalized spacial score (nSPS) is 12.8. The lowest BCUT2D eigenvalue weighted by atomic mass is 10.1. The molecule has 0 amide bonds. The highest BCUT2D eigenvalue weighted by Crippen LogP contribution is 2.40. The molecule has 0 atom stereocenters. The molecule has 18 heavy (non-hydrogen) atoms. The van der Waals surface area contributed by atoms with Gasteiger partial charge in [0.25, 0.3) is 0 Å². The van der Waals surface area contributed by atoms with Crippen molar-refractivity contribution in [1.29, 1.82) is 0 Å². The van der Waals surface area contributed by atoms with Gasteiger partial charge in [0.05, 0.1) is 16.4 Å². The minimum Gasteiger partial charge on any atom is -0.302 e. The highest BCUT2D eigenvalue weighted by atomic mass is 79.9. The Bertz CT molecular complexity index is 792. The summed E-state index contributed by atoms with van der Waals surface area (Å²) in [6.45, 7) is 0. The lowest BCUT2D eigenvalue weighted by Crippen LogP contribution is -1.91. The molecule has 2 heterocycles. The Morgan fingerprint density at radius 2 is 2.11 bits per heavy atom. The van der Waals surface area contributed by atoms with E-state index >= 15 is 0 Å². The third-order valence-corrected chi connectivity index (χ3v) is 4.37. The van der Waals surface area contributed by atoms with Crippen LogP contribution in [0.15, 0.2) is 41.0 Å². The zero-order valence-electron chi connectivity index (χ0n) is 9.32. The standard InChI is InChI=1S/C14H8BrClN2/c15-11-3-1-2-9-10(11)6-12-14(9)17-13-5-4-8(16)7-18(12)13/h1-5,7H,6H2. The van der Waals surface area contributed by atoms with Gasteiger partial charge in [0.1, 0.15) is 5.65 Å². The number of benzene rings is 1. The first-order chi connectivity index (χ1) is 8.74. The molecule has 1 aromatic carbocycles. The summed E-state index contributed by atoms with van der Waals surface area (Å²) < 4.78 is 3.23. The molecule has 0 N–H and O–H groups in total. The number of hydrogen-bond donors (Lipinski definition) is 0. The second kappa shape index (κ2) is 3.59. The molecule has 0 aliphatic heterocycles. The van der Waals surface area contributed by atoms with E-state index in [0.717, 1.165) is 27.3 Å². The zero-order valence-corrected chi connectivity index (χ0v) is 11.7. The molecule has 2 nitrogen and oxygen atoms in total. The summed E-state index contributed by atoms with van der Waals surface area (Å²) in [6.07, 6.45) is 2.83. The molecule has 1 aliphatic rings. The summed E-state index contributed by atoms with van der Waals surface area (Å²) in [6, 6.07) is 10.1. The average molecular weight is 320 g/mol. The van der Waals surface area contributed by atoms with Gasteiger partial charge in [-0.1, -0.05) is 39.7 Å². The maximum absolute atomic E-state index is 6.06. The fraction of sp³-hybridized carbons (Fsp3) is 0.0714. The van der Waals surface area contributed by atoms with Gasteiger partial charge in [0.15, 0.2) is 0 Å². The number of fused-ring (bicyclic) bond motifs is 5. The Kier molecular flexibility index (Phi) is 2.11. The lowest BCUT2D eigenvalue weighted by Gasteiger charge is -2.02. The van der Waals surface area contributed by atoms with Crippen molar-refractivity contribution < 1.29 is 0 Å². The molecule has 0 spiro atoms. The summed E-state index contributed by atoms with van der Waals surface area (Å²) in [7, 11) is 0. The quantitative estimate of drug-likeness (QED) is 0.472. The van der Waals surface area contributed by atoms with E-state index in [0.29, 0.717) is 0 Å². The maximum Gasteiger partial charge on any atom is 0.137 e. The first-order valence-electron chi connectivity index (χ1n) is 5.68. The van der Waals surface area contributed by atoms with E-state index < -0.39 is 0 Å². The number of hydrogen-bond acceptors (Lipinski definition) is 1. The number of nitrogens with zero attached hydrogens (tertiary/aromatic N) is 2. The summed E-state index contributed by atoms with van der Waals surface area (Å²) >= 11 is 9.67. The summed E-state index contributed by atoms with van der Waals surface area (Å²) in [5, 5.41) is 0.734. The van der Waals surface area contributed by atoms with Crippen molar-refractivity contribution in [2.45, 2.75) is 6.42 Å². The second-order valence-corrected chi connectivity index (χ2v) is 5.72. The summed E-state index contributed by atoms with van der Waals surface area (Å²) in [5.41, 5.74) is 5.78. The van der Waals surface area contributed by atoms with Crippen LogP contribution in [0, 0.1) is 0 Å². The van der Waals surface area contributed by atoms with Crippen LogP contribution in [0.3, 0.4) is 0 Å². The van der Waals surface area contributed by atoms with Gasteiger partial charge < -0.3 is 4.40 Å². The number of rotatable bonds is 0. The Morgan fingerprint density at radius 1 is 1.22 bits per heavy atom. The highest BCUT2D eigenvalue weighted by molar-refractivity contribution is 9.10. The van der Waals surface area contributed by atoms with Crippen LogP contribution in [0.25, 0.3) is 16.9 Å². The third kappa shape index (κ3) is 1.32. The predicted octanol–water partition coefficient (Wildman–Crippen LogP) is 4.32. The number of halogens is 2. The van der Waals surface area contributed by atoms with Crippen molar-refractivity contribution in [3.05, 3.63) is 57.3 Å². The topological polar surface area (TPSA) is 17.3 Å². The van der Waals surface area contributed by atoms with Crippen LogP contribution in [0.4, 0.5) is 0 Å². The average Bonchev–Trinajstić information content (AvgIpc) is 2.87. The monoisotopic (exact) mass is 318 g/mol. The van der Waals surface area contributed by atoms with E-state index in [9.17, 15) is 0 Å². The van der Waals surface area contributed by atoms with Gasteiger partial charge in [-0.05, 0) is 23.8 Å². The van der Waals surface area contributed by atoms with E-state index in [-0.39, 0.29) is 0 Å². The van der Waals surface area contributed by atoms with Crippen molar-refractivity contribution in [3.8, 4) is 11.3 Å². The van der Waals surface area contributed by atoms with E-state index in [1.807, 2.05) is 18.3 Å². The van der Waals surface area contributed by atoms with Gasteiger partial charge in [-0.3, -0.25) is 0 Å². The predicted molar refractivity (Wildman–Crippen MR) is 76.1 cm³/mol. The molecule has 4 heteroatoms. The Hall–Kier alpha value is -1.32. The minimum absolute atomic E-state index is 0.734. The van der Waals surface area contributed by atoms with Crippen LogP contribution in [-0.4, -0.2) is 9.38 Å². The van der Waals surface area contributed by atoms with Crippen molar-refractivity contribution in [1.82, 2.24) is 9.38 Å². The molecule has 3 aromatic rings. The molecule has 88 valence electrons. The molecule has 0 fully saturated rings. The van der Waals surface area contributed by atoms with Gasteiger partial charge in [0, 0.05) is 22.7 Å². The fourth-order valence-corrected chi connectivity index (χ4v) is 3.25. The second-order valence-electron chi connectivity index (χ2n) is 4.43. The van der Waals surface area contributed by atoms with Gasteiger partial charge in [0.2, 0.25) is 0 Å². The van der Waals surface area contributed by atoms with Crippen molar-refractivity contribution in [2.24, 2.45) is 0 Å². The molecular formula is C14H8BrClN2. The van der Waals surface area contributed by atoms with E-state index in [2.05, 4.69) is 38.5 Å². The van der Waals surface area contributed by atoms with Crippen LogP contribution in [-0.2, 0) is 6.42 Å². The molecule has 2 aromatic heterocycles. The minimum atomic E-state index is 0.734. The Balaban J connectivity index is 2.08. The molecule has 0 unspecified atom stereocenters. The Morgan fingerprint density at radius 3 is 3.00 bits per heavy atom. The first kappa shape index (κ1) is 10.6. The number of aromatic nitrogens is 2. The molecule has 0 radical (unpaired) electrons. The lowest BCUT2D eigenvalue weighted by molar-refractivity contribution is 1.05.